The summed E-state index contributed by atoms with van der Waals surface area (Å²) in [6, 6.07) is 0.208. The van der Waals surface area contributed by atoms with Crippen molar-refractivity contribution in [1.82, 2.24) is 4.90 Å². The highest BCUT2D eigenvalue weighted by molar-refractivity contribution is 5.71. The number of cyclic esters (lactones) is 1. The van der Waals surface area contributed by atoms with Gasteiger partial charge >= 0.3 is 5.97 Å². The number of rotatable bonds is 3. The minimum absolute atomic E-state index is 0.109. The van der Waals surface area contributed by atoms with Crippen LogP contribution in [-0.4, -0.2) is 43.2 Å². The van der Waals surface area contributed by atoms with Gasteiger partial charge in [-0.25, -0.2) is 0 Å². The summed E-state index contributed by atoms with van der Waals surface area (Å²) in [6.45, 7) is 4.81. The van der Waals surface area contributed by atoms with Gasteiger partial charge in [-0.1, -0.05) is 0 Å². The van der Waals surface area contributed by atoms with E-state index in [9.17, 15) is 4.79 Å². The van der Waals surface area contributed by atoms with E-state index in [0.717, 1.165) is 25.9 Å². The number of carbonyl (C=O) groups is 1. The minimum atomic E-state index is -0.109. The Balaban J connectivity index is 2.26. The van der Waals surface area contributed by atoms with Gasteiger partial charge in [-0.15, -0.1) is 0 Å². The zero-order valence-electron chi connectivity index (χ0n) is 8.16. The van der Waals surface area contributed by atoms with Crippen LogP contribution in [-0.2, 0) is 9.53 Å². The molecule has 0 aromatic carbocycles. The third-order valence-electron chi connectivity index (χ3n) is 2.14. The van der Waals surface area contributed by atoms with Crippen LogP contribution in [0.15, 0.2) is 0 Å². The third kappa shape index (κ3) is 4.24. The standard InChI is InChI=1S/C9H18N2O2/c1-8(10)3-5-11-4-2-6-13-9(12)7-11/h8H,2-7,10H2,1H3. The number of ether oxygens (including phenoxy) is 1. The molecule has 2 N–H and O–H groups in total. The second kappa shape index (κ2) is 5.19. The van der Waals surface area contributed by atoms with Crippen LogP contribution < -0.4 is 5.73 Å². The molecular formula is C9H18N2O2. The van der Waals surface area contributed by atoms with Gasteiger partial charge in [0, 0.05) is 19.1 Å². The second-order valence-electron chi connectivity index (χ2n) is 3.62. The van der Waals surface area contributed by atoms with Crippen LogP contribution >= 0.6 is 0 Å². The van der Waals surface area contributed by atoms with E-state index in [0.29, 0.717) is 13.2 Å². The highest BCUT2D eigenvalue weighted by Gasteiger charge is 2.15. The maximum absolute atomic E-state index is 11.0. The van der Waals surface area contributed by atoms with E-state index in [1.807, 2.05) is 6.92 Å². The predicted molar refractivity (Wildman–Crippen MR) is 50.3 cm³/mol. The molecule has 0 amide bonds. The summed E-state index contributed by atoms with van der Waals surface area (Å²) in [4.78, 5) is 13.2. The second-order valence-corrected chi connectivity index (χ2v) is 3.62. The number of hydrogen-bond donors (Lipinski definition) is 1. The summed E-state index contributed by atoms with van der Waals surface area (Å²) >= 11 is 0. The highest BCUT2D eigenvalue weighted by Crippen LogP contribution is 2.01. The van der Waals surface area contributed by atoms with Gasteiger partial charge < -0.3 is 10.5 Å². The molecule has 4 heteroatoms. The fourth-order valence-corrected chi connectivity index (χ4v) is 1.36. The summed E-state index contributed by atoms with van der Waals surface area (Å²) in [6.07, 6.45) is 1.87. The monoisotopic (exact) mass is 186 g/mol. The molecule has 0 spiro atoms. The van der Waals surface area contributed by atoms with Gasteiger partial charge in [0.1, 0.15) is 0 Å². The Morgan fingerprint density at radius 3 is 3.15 bits per heavy atom. The highest BCUT2D eigenvalue weighted by atomic mass is 16.5. The first-order valence-electron chi connectivity index (χ1n) is 4.82. The molecule has 13 heavy (non-hydrogen) atoms. The van der Waals surface area contributed by atoms with Crippen molar-refractivity contribution >= 4 is 5.97 Å². The first kappa shape index (κ1) is 10.5. The van der Waals surface area contributed by atoms with Crippen LogP contribution in [0.3, 0.4) is 0 Å². The van der Waals surface area contributed by atoms with E-state index >= 15 is 0 Å². The Bertz CT molecular complexity index is 171. The molecule has 0 bridgehead atoms. The summed E-state index contributed by atoms with van der Waals surface area (Å²) in [5.74, 6) is -0.109. The smallest absolute Gasteiger partial charge is 0.320 e. The van der Waals surface area contributed by atoms with Gasteiger partial charge in [0.15, 0.2) is 0 Å². The normalized spacial score (nSPS) is 22.2. The van der Waals surface area contributed by atoms with E-state index in [1.165, 1.54) is 0 Å². The maximum atomic E-state index is 11.0. The number of esters is 1. The zero-order chi connectivity index (χ0) is 9.68. The molecule has 1 unspecified atom stereocenters. The molecule has 1 aliphatic heterocycles. The van der Waals surface area contributed by atoms with Crippen LogP contribution in [0, 0.1) is 0 Å². The zero-order valence-corrected chi connectivity index (χ0v) is 8.16. The van der Waals surface area contributed by atoms with Gasteiger partial charge in [0.05, 0.1) is 13.2 Å². The van der Waals surface area contributed by atoms with Crippen LogP contribution in [0.5, 0.6) is 0 Å². The molecule has 0 aromatic rings. The van der Waals surface area contributed by atoms with Gasteiger partial charge in [0.25, 0.3) is 0 Å². The van der Waals surface area contributed by atoms with Crippen LogP contribution in [0.25, 0.3) is 0 Å². The number of nitrogens with two attached hydrogens (primary N) is 1. The Morgan fingerprint density at radius 1 is 1.69 bits per heavy atom. The quantitative estimate of drug-likeness (QED) is 0.629. The SMILES string of the molecule is CC(N)CCN1CCCOC(=O)C1. The van der Waals surface area contributed by atoms with Crippen molar-refractivity contribution in [2.75, 3.05) is 26.2 Å². The van der Waals surface area contributed by atoms with Crippen molar-refractivity contribution in [3.05, 3.63) is 0 Å². The number of carbonyl (C=O) groups excluding carboxylic acids is 1. The fraction of sp³-hybridized carbons (Fsp3) is 0.889. The van der Waals surface area contributed by atoms with Gasteiger partial charge in [-0.05, 0) is 19.8 Å². The summed E-state index contributed by atoms with van der Waals surface area (Å²) in [5, 5.41) is 0. The first-order valence-corrected chi connectivity index (χ1v) is 4.82. The lowest BCUT2D eigenvalue weighted by molar-refractivity contribution is -0.142. The lowest BCUT2D eigenvalue weighted by Gasteiger charge is -2.18. The summed E-state index contributed by atoms with van der Waals surface area (Å²) in [7, 11) is 0. The van der Waals surface area contributed by atoms with Crippen molar-refractivity contribution in [2.24, 2.45) is 5.73 Å². The van der Waals surface area contributed by atoms with E-state index < -0.39 is 0 Å². The molecule has 0 aromatic heterocycles. The fourth-order valence-electron chi connectivity index (χ4n) is 1.36. The van der Waals surface area contributed by atoms with Crippen molar-refractivity contribution in [2.45, 2.75) is 25.8 Å². The Kier molecular flexibility index (Phi) is 4.18. The minimum Gasteiger partial charge on any atom is -0.465 e. The van der Waals surface area contributed by atoms with Gasteiger partial charge in [-0.3, -0.25) is 9.69 Å². The van der Waals surface area contributed by atoms with Crippen molar-refractivity contribution in [1.29, 1.82) is 0 Å². The predicted octanol–water partition coefficient (Wildman–Crippen LogP) is -0.0274. The van der Waals surface area contributed by atoms with Crippen LogP contribution in [0.4, 0.5) is 0 Å². The Labute approximate surface area is 79.0 Å². The van der Waals surface area contributed by atoms with Crippen molar-refractivity contribution < 1.29 is 9.53 Å². The average molecular weight is 186 g/mol. The molecular weight excluding hydrogens is 168 g/mol. The van der Waals surface area contributed by atoms with Gasteiger partial charge in [0.2, 0.25) is 0 Å². The Hall–Kier alpha value is -0.610. The molecule has 1 rings (SSSR count). The third-order valence-corrected chi connectivity index (χ3v) is 2.14. The summed E-state index contributed by atoms with van der Waals surface area (Å²) in [5.41, 5.74) is 5.64. The Morgan fingerprint density at radius 2 is 2.46 bits per heavy atom. The van der Waals surface area contributed by atoms with Crippen LogP contribution in [0.1, 0.15) is 19.8 Å². The molecule has 0 radical (unpaired) electrons. The number of nitrogens with zero attached hydrogens (tertiary/aromatic N) is 1. The molecule has 1 fully saturated rings. The van der Waals surface area contributed by atoms with E-state index in [1.54, 1.807) is 0 Å². The van der Waals surface area contributed by atoms with E-state index in [-0.39, 0.29) is 12.0 Å². The van der Waals surface area contributed by atoms with E-state index in [4.69, 9.17) is 10.5 Å². The van der Waals surface area contributed by atoms with E-state index in [2.05, 4.69) is 4.90 Å². The molecule has 4 nitrogen and oxygen atoms in total. The molecule has 1 saturated heterocycles. The van der Waals surface area contributed by atoms with Crippen LogP contribution in [0.2, 0.25) is 0 Å². The molecule has 1 atom stereocenters. The number of hydrogen-bond acceptors (Lipinski definition) is 4. The average Bonchev–Trinajstić information content (AvgIpc) is 2.26. The lowest BCUT2D eigenvalue weighted by Crippen LogP contribution is -2.32. The van der Waals surface area contributed by atoms with Crippen molar-refractivity contribution in [3.8, 4) is 0 Å². The topological polar surface area (TPSA) is 55.6 Å². The van der Waals surface area contributed by atoms with Gasteiger partial charge in [-0.2, -0.15) is 0 Å². The van der Waals surface area contributed by atoms with Crippen molar-refractivity contribution in [3.63, 3.8) is 0 Å². The molecule has 0 aliphatic carbocycles. The first-order chi connectivity index (χ1) is 6.18. The lowest BCUT2D eigenvalue weighted by atomic mass is 10.2. The summed E-state index contributed by atoms with van der Waals surface area (Å²) < 4.78 is 4.93. The largest absolute Gasteiger partial charge is 0.465 e. The maximum Gasteiger partial charge on any atom is 0.320 e. The molecule has 76 valence electrons. The molecule has 1 aliphatic rings. The molecule has 0 saturated carbocycles. The molecule has 1 heterocycles.